The van der Waals surface area contributed by atoms with E-state index in [1.165, 1.54) is 12.1 Å². The summed E-state index contributed by atoms with van der Waals surface area (Å²) in [4.78, 5) is 11.9. The minimum atomic E-state index is -0.448. The molecule has 3 rings (SSSR count). The number of anilines is 1. The Balaban J connectivity index is 0.00000320. The Kier molecular flexibility index (Phi) is 9.03. The van der Waals surface area contributed by atoms with Gasteiger partial charge in [0.1, 0.15) is 18.2 Å². The van der Waals surface area contributed by atoms with E-state index in [0.717, 1.165) is 21.3 Å². The molecule has 0 saturated carbocycles. The number of carbonyl (C=O) groups excluding carboxylic acids is 1. The highest BCUT2D eigenvalue weighted by Crippen LogP contribution is 2.24. The highest BCUT2D eigenvalue weighted by molar-refractivity contribution is 9.10. The highest BCUT2D eigenvalue weighted by atomic mass is 79.9. The second kappa shape index (κ2) is 11.5. The largest absolute Gasteiger partial charge is 0.489 e. The Morgan fingerprint density at radius 2 is 1.93 bits per heavy atom. The van der Waals surface area contributed by atoms with Crippen LogP contribution in [0.25, 0.3) is 0 Å². The topological polar surface area (TPSA) is 115 Å². The fourth-order valence-corrected chi connectivity index (χ4v) is 2.90. The second-order valence-electron chi connectivity index (χ2n) is 6.10. The molecular formula is C19H20BrClFN5O3. The number of halogens is 3. The molecule has 2 aromatic carbocycles. The molecule has 0 fully saturated rings. The predicted molar refractivity (Wildman–Crippen MR) is 115 cm³/mol. The maximum Gasteiger partial charge on any atom is 0.277 e. The fourth-order valence-electron chi connectivity index (χ4n) is 2.49. The monoisotopic (exact) mass is 499 g/mol. The van der Waals surface area contributed by atoms with Crippen LogP contribution in [-0.2, 0) is 13.2 Å². The van der Waals surface area contributed by atoms with Gasteiger partial charge in [-0.3, -0.25) is 4.79 Å². The predicted octanol–water partition coefficient (Wildman–Crippen LogP) is 3.07. The summed E-state index contributed by atoms with van der Waals surface area (Å²) in [5, 5.41) is 12.7. The third kappa shape index (κ3) is 6.68. The molecule has 0 aliphatic rings. The van der Waals surface area contributed by atoms with E-state index in [0.29, 0.717) is 26.2 Å². The SMILES string of the molecule is Cl.Nc1nonc1C(=O)NCCNCc1cc(Br)ccc1OCc1ccc(F)cc1. The molecule has 3 aromatic rings. The van der Waals surface area contributed by atoms with Crippen molar-refractivity contribution in [2.45, 2.75) is 13.2 Å². The van der Waals surface area contributed by atoms with Gasteiger partial charge in [0.15, 0.2) is 0 Å². The Bertz CT molecular complexity index is 971. The molecule has 0 bridgehead atoms. The highest BCUT2D eigenvalue weighted by Gasteiger charge is 2.15. The lowest BCUT2D eigenvalue weighted by molar-refractivity contribution is 0.0944. The summed E-state index contributed by atoms with van der Waals surface area (Å²) in [6.07, 6.45) is 0. The molecule has 0 saturated heterocycles. The molecule has 1 heterocycles. The van der Waals surface area contributed by atoms with Crippen LogP contribution in [0.15, 0.2) is 51.6 Å². The normalized spacial score (nSPS) is 10.3. The standard InChI is InChI=1S/C19H19BrFN5O3.ClH/c20-14-3-6-16(28-11-12-1-4-15(21)5-2-12)13(9-14)10-23-7-8-24-19(27)17-18(22)26-29-25-17;/h1-6,9,23H,7-8,10-11H2,(H2,22,26)(H,24,27);1H. The molecule has 160 valence electrons. The minimum Gasteiger partial charge on any atom is -0.489 e. The van der Waals surface area contributed by atoms with Crippen LogP contribution in [0.5, 0.6) is 5.75 Å². The molecule has 1 amide bonds. The van der Waals surface area contributed by atoms with Gasteiger partial charge in [0.2, 0.25) is 11.5 Å². The number of nitrogens with two attached hydrogens (primary N) is 1. The zero-order valence-electron chi connectivity index (χ0n) is 15.7. The first-order chi connectivity index (χ1) is 14.0. The van der Waals surface area contributed by atoms with Crippen LogP contribution in [0.3, 0.4) is 0 Å². The number of benzene rings is 2. The van der Waals surface area contributed by atoms with Gasteiger partial charge in [-0.05, 0) is 46.2 Å². The van der Waals surface area contributed by atoms with Crippen molar-refractivity contribution in [1.29, 1.82) is 0 Å². The molecule has 0 atom stereocenters. The molecule has 0 unspecified atom stereocenters. The average molecular weight is 501 g/mol. The average Bonchev–Trinajstić information content (AvgIpc) is 3.14. The second-order valence-corrected chi connectivity index (χ2v) is 7.01. The van der Waals surface area contributed by atoms with Crippen LogP contribution in [-0.4, -0.2) is 29.3 Å². The van der Waals surface area contributed by atoms with Crippen molar-refractivity contribution in [2.75, 3.05) is 18.8 Å². The molecule has 8 nitrogen and oxygen atoms in total. The van der Waals surface area contributed by atoms with Gasteiger partial charge in [-0.2, -0.15) is 0 Å². The lowest BCUT2D eigenvalue weighted by atomic mass is 10.2. The van der Waals surface area contributed by atoms with E-state index in [-0.39, 0.29) is 29.7 Å². The van der Waals surface area contributed by atoms with Gasteiger partial charge in [-0.15, -0.1) is 12.4 Å². The Hall–Kier alpha value is -2.69. The van der Waals surface area contributed by atoms with E-state index in [2.05, 4.69) is 41.5 Å². The molecular weight excluding hydrogens is 481 g/mol. The zero-order chi connectivity index (χ0) is 20.6. The molecule has 4 N–H and O–H groups in total. The van der Waals surface area contributed by atoms with Crippen molar-refractivity contribution in [3.8, 4) is 5.75 Å². The summed E-state index contributed by atoms with van der Waals surface area (Å²) in [6.45, 7) is 1.74. The minimum absolute atomic E-state index is 0. The van der Waals surface area contributed by atoms with Gasteiger partial charge in [0.25, 0.3) is 5.91 Å². The van der Waals surface area contributed by atoms with Gasteiger partial charge >= 0.3 is 0 Å². The van der Waals surface area contributed by atoms with Crippen LogP contribution >= 0.6 is 28.3 Å². The Morgan fingerprint density at radius 3 is 2.63 bits per heavy atom. The first-order valence-electron chi connectivity index (χ1n) is 8.75. The number of amides is 1. The number of hydrogen-bond acceptors (Lipinski definition) is 7. The van der Waals surface area contributed by atoms with E-state index >= 15 is 0 Å². The lowest BCUT2D eigenvalue weighted by Gasteiger charge is -2.13. The van der Waals surface area contributed by atoms with Gasteiger partial charge < -0.3 is 21.1 Å². The third-order valence-corrected chi connectivity index (χ3v) is 4.46. The maximum absolute atomic E-state index is 13.0. The van der Waals surface area contributed by atoms with E-state index in [1.807, 2.05) is 18.2 Å². The summed E-state index contributed by atoms with van der Waals surface area (Å²) >= 11 is 3.46. The first kappa shape index (κ1) is 23.6. The van der Waals surface area contributed by atoms with Gasteiger partial charge in [-0.1, -0.05) is 28.1 Å². The van der Waals surface area contributed by atoms with E-state index < -0.39 is 5.91 Å². The fraction of sp³-hybridized carbons (Fsp3) is 0.211. The molecule has 0 aliphatic carbocycles. The zero-order valence-corrected chi connectivity index (χ0v) is 18.1. The van der Waals surface area contributed by atoms with Crippen molar-refractivity contribution >= 4 is 40.1 Å². The third-order valence-electron chi connectivity index (χ3n) is 3.96. The van der Waals surface area contributed by atoms with Gasteiger partial charge in [0, 0.05) is 29.7 Å². The number of aromatic nitrogens is 2. The maximum atomic E-state index is 13.0. The van der Waals surface area contributed by atoms with Crippen molar-refractivity contribution in [1.82, 2.24) is 20.9 Å². The van der Waals surface area contributed by atoms with Crippen LogP contribution in [0.1, 0.15) is 21.6 Å². The quantitative estimate of drug-likeness (QED) is 0.387. The number of hydrogen-bond donors (Lipinski definition) is 3. The summed E-state index contributed by atoms with van der Waals surface area (Å²) in [5.41, 5.74) is 7.26. The number of carbonyl (C=O) groups is 1. The van der Waals surface area contributed by atoms with Crippen molar-refractivity contribution in [2.24, 2.45) is 0 Å². The summed E-state index contributed by atoms with van der Waals surface area (Å²) in [6, 6.07) is 11.9. The molecule has 11 heteroatoms. The van der Waals surface area contributed by atoms with E-state index in [4.69, 9.17) is 10.5 Å². The molecule has 1 aromatic heterocycles. The molecule has 0 spiro atoms. The van der Waals surface area contributed by atoms with Crippen molar-refractivity contribution in [3.05, 3.63) is 69.6 Å². The van der Waals surface area contributed by atoms with Crippen LogP contribution < -0.4 is 21.1 Å². The van der Waals surface area contributed by atoms with E-state index in [1.54, 1.807) is 12.1 Å². The first-order valence-corrected chi connectivity index (χ1v) is 9.55. The molecule has 30 heavy (non-hydrogen) atoms. The number of nitrogens with zero attached hydrogens (tertiary/aromatic N) is 2. The summed E-state index contributed by atoms with van der Waals surface area (Å²) in [7, 11) is 0. The van der Waals surface area contributed by atoms with Crippen molar-refractivity contribution < 1.29 is 18.6 Å². The van der Waals surface area contributed by atoms with Gasteiger partial charge in [-0.25, -0.2) is 9.02 Å². The van der Waals surface area contributed by atoms with Gasteiger partial charge in [0.05, 0.1) is 0 Å². The number of ether oxygens (including phenoxy) is 1. The van der Waals surface area contributed by atoms with E-state index in [9.17, 15) is 9.18 Å². The Morgan fingerprint density at radius 1 is 1.17 bits per heavy atom. The number of nitrogens with one attached hydrogen (secondary N) is 2. The van der Waals surface area contributed by atoms with Crippen LogP contribution in [0.2, 0.25) is 0 Å². The summed E-state index contributed by atoms with van der Waals surface area (Å²) in [5.74, 6) is -0.0590. The number of rotatable bonds is 9. The van der Waals surface area contributed by atoms with Crippen LogP contribution in [0, 0.1) is 5.82 Å². The molecule has 0 radical (unpaired) electrons. The lowest BCUT2D eigenvalue weighted by Crippen LogP contribution is -2.32. The van der Waals surface area contributed by atoms with Crippen molar-refractivity contribution in [3.63, 3.8) is 0 Å². The molecule has 0 aliphatic heterocycles. The smallest absolute Gasteiger partial charge is 0.277 e. The summed E-state index contributed by atoms with van der Waals surface area (Å²) < 4.78 is 24.2. The van der Waals surface area contributed by atoms with Crippen LogP contribution in [0.4, 0.5) is 10.2 Å². The number of nitrogen functional groups attached to an aromatic ring is 1. The Labute approximate surface area is 186 Å².